The summed E-state index contributed by atoms with van der Waals surface area (Å²) in [5.74, 6) is -0.482. The van der Waals surface area contributed by atoms with Crippen LogP contribution in [0.5, 0.6) is 0 Å². The van der Waals surface area contributed by atoms with Gasteiger partial charge in [0.25, 0.3) is 0 Å². The van der Waals surface area contributed by atoms with E-state index in [0.29, 0.717) is 6.42 Å². The van der Waals surface area contributed by atoms with Crippen molar-refractivity contribution in [1.29, 1.82) is 0 Å². The Hall–Kier alpha value is -1.05. The van der Waals surface area contributed by atoms with Crippen LogP contribution in [0.3, 0.4) is 0 Å². The predicted molar refractivity (Wildman–Crippen MR) is 84.2 cm³/mol. The number of rotatable bonds is 12. The average Bonchev–Trinajstić information content (AvgIpc) is 2.38. The van der Waals surface area contributed by atoms with Crippen LogP contribution in [0.25, 0.3) is 0 Å². The second kappa shape index (κ2) is 11.7. The molecule has 0 rings (SSSR count). The van der Waals surface area contributed by atoms with Gasteiger partial charge in [0.1, 0.15) is 0 Å². The van der Waals surface area contributed by atoms with Crippen molar-refractivity contribution in [2.75, 3.05) is 0 Å². The molecule has 0 N–H and O–H groups in total. The van der Waals surface area contributed by atoms with Gasteiger partial charge in [-0.2, -0.15) is 0 Å². The number of aliphatic carboxylic acids is 1. The highest BCUT2D eigenvalue weighted by molar-refractivity contribution is 5.66. The van der Waals surface area contributed by atoms with Crippen molar-refractivity contribution in [1.82, 2.24) is 0 Å². The highest BCUT2D eigenvalue weighted by Crippen LogP contribution is 2.17. The molecule has 0 spiro atoms. The van der Waals surface area contributed by atoms with Crippen molar-refractivity contribution >= 4 is 5.97 Å². The molecule has 2 heteroatoms. The third kappa shape index (κ3) is 10.8. The lowest BCUT2D eigenvalue weighted by molar-refractivity contribution is -0.311. The number of unbranched alkanes of at least 4 members (excludes halogenated alkanes) is 1. The van der Waals surface area contributed by atoms with Gasteiger partial charge >= 0.3 is 0 Å². The van der Waals surface area contributed by atoms with Gasteiger partial charge in [0.15, 0.2) is 0 Å². The zero-order valence-corrected chi connectivity index (χ0v) is 13.5. The summed E-state index contributed by atoms with van der Waals surface area (Å²) in [5.41, 5.74) is 1.38. The Labute approximate surface area is 125 Å². The molecule has 0 aromatic rings. The summed E-state index contributed by atoms with van der Waals surface area (Å²) in [5, 5.41) is 10.6. The van der Waals surface area contributed by atoms with E-state index in [1.165, 1.54) is 24.8 Å². The van der Waals surface area contributed by atoms with Crippen LogP contribution in [0, 0.1) is 11.8 Å². The van der Waals surface area contributed by atoms with Gasteiger partial charge in [-0.15, -0.1) is 6.58 Å². The van der Waals surface area contributed by atoms with Crippen LogP contribution in [-0.2, 0) is 4.79 Å². The van der Waals surface area contributed by atoms with E-state index < -0.39 is 5.97 Å². The molecule has 0 aliphatic rings. The summed E-state index contributed by atoms with van der Waals surface area (Å²) in [6.07, 6.45) is 13.0. The molecule has 20 heavy (non-hydrogen) atoms. The van der Waals surface area contributed by atoms with Crippen LogP contribution < -0.4 is 5.11 Å². The summed E-state index contributed by atoms with van der Waals surface area (Å²) in [4.78, 5) is 10.6. The van der Waals surface area contributed by atoms with E-state index in [0.717, 1.165) is 31.6 Å². The van der Waals surface area contributed by atoms with E-state index in [1.807, 2.05) is 6.08 Å². The zero-order chi connectivity index (χ0) is 15.4. The third-order valence-corrected chi connectivity index (χ3v) is 3.87. The van der Waals surface area contributed by atoms with E-state index in [-0.39, 0.29) is 5.92 Å². The highest BCUT2D eigenvalue weighted by atomic mass is 16.4. The second-order valence-corrected chi connectivity index (χ2v) is 6.06. The second-order valence-electron chi connectivity index (χ2n) is 6.06. The maximum absolute atomic E-state index is 10.6. The zero-order valence-electron chi connectivity index (χ0n) is 13.5. The van der Waals surface area contributed by atoms with E-state index in [2.05, 4.69) is 26.5 Å². The number of carboxylic acid groups (broad SMARTS) is 1. The smallest absolute Gasteiger partial charge is 0.0442 e. The highest BCUT2D eigenvalue weighted by Gasteiger charge is 2.03. The van der Waals surface area contributed by atoms with Crippen LogP contribution >= 0.6 is 0 Å². The molecule has 2 atom stereocenters. The molecule has 2 unspecified atom stereocenters. The first-order valence-electron chi connectivity index (χ1n) is 7.94. The maximum Gasteiger partial charge on any atom is 0.0442 e. The van der Waals surface area contributed by atoms with Crippen LogP contribution in [-0.4, -0.2) is 5.97 Å². The molecule has 0 fully saturated rings. The van der Waals surface area contributed by atoms with Gasteiger partial charge in [0, 0.05) is 5.97 Å². The molecular weight excluding hydrogens is 248 g/mol. The van der Waals surface area contributed by atoms with Gasteiger partial charge in [-0.1, -0.05) is 38.0 Å². The largest absolute Gasteiger partial charge is 0.550 e. The van der Waals surface area contributed by atoms with Gasteiger partial charge < -0.3 is 9.90 Å². The monoisotopic (exact) mass is 279 g/mol. The molecule has 2 nitrogen and oxygen atoms in total. The predicted octanol–water partition coefficient (Wildman–Crippen LogP) is 4.26. The molecule has 0 saturated carbocycles. The number of hydrogen-bond donors (Lipinski definition) is 0. The van der Waals surface area contributed by atoms with Crippen LogP contribution in [0.4, 0.5) is 0 Å². The van der Waals surface area contributed by atoms with Crippen LogP contribution in [0.2, 0.25) is 0 Å². The lowest BCUT2D eigenvalue weighted by Crippen LogP contribution is -2.29. The van der Waals surface area contributed by atoms with Crippen molar-refractivity contribution in [3.8, 4) is 0 Å². The first-order chi connectivity index (χ1) is 9.47. The fourth-order valence-corrected chi connectivity index (χ4v) is 2.28. The Morgan fingerprint density at radius 3 is 2.45 bits per heavy atom. The lowest BCUT2D eigenvalue weighted by atomic mass is 9.97. The number of carbonyl (C=O) groups is 1. The Morgan fingerprint density at radius 1 is 1.15 bits per heavy atom. The van der Waals surface area contributed by atoms with Crippen molar-refractivity contribution in [2.24, 2.45) is 11.8 Å². The van der Waals surface area contributed by atoms with E-state index in [9.17, 15) is 9.90 Å². The number of carbonyl (C=O) groups excluding carboxylic acids is 1. The average molecular weight is 279 g/mol. The molecule has 0 heterocycles. The summed E-state index contributed by atoms with van der Waals surface area (Å²) in [6.45, 7) is 9.92. The Kier molecular flexibility index (Phi) is 11.1. The molecule has 0 aliphatic heterocycles. The van der Waals surface area contributed by atoms with Gasteiger partial charge in [-0.3, -0.25) is 0 Å². The summed E-state index contributed by atoms with van der Waals surface area (Å²) in [6, 6.07) is 0. The van der Waals surface area contributed by atoms with Gasteiger partial charge in [0.2, 0.25) is 0 Å². The minimum absolute atomic E-state index is 0.326. The summed E-state index contributed by atoms with van der Waals surface area (Å²) in [7, 11) is 0. The number of hydrogen-bond acceptors (Lipinski definition) is 2. The normalized spacial score (nSPS) is 14.8. The Morgan fingerprint density at radius 2 is 1.85 bits per heavy atom. The van der Waals surface area contributed by atoms with E-state index in [4.69, 9.17) is 0 Å². The minimum atomic E-state index is -0.931. The van der Waals surface area contributed by atoms with Crippen LogP contribution in [0.1, 0.15) is 72.1 Å². The number of allylic oxidation sites excluding steroid dienone is 3. The maximum atomic E-state index is 10.6. The van der Waals surface area contributed by atoms with E-state index >= 15 is 0 Å². The Bertz CT molecular complexity index is 305. The molecule has 0 amide bonds. The molecular formula is C18H31O2-. The minimum Gasteiger partial charge on any atom is -0.550 e. The van der Waals surface area contributed by atoms with Crippen LogP contribution in [0.15, 0.2) is 24.3 Å². The van der Waals surface area contributed by atoms with Crippen molar-refractivity contribution in [2.45, 2.75) is 72.1 Å². The van der Waals surface area contributed by atoms with Gasteiger partial charge in [-0.05, 0) is 63.7 Å². The van der Waals surface area contributed by atoms with Crippen molar-refractivity contribution in [3.05, 3.63) is 24.3 Å². The van der Waals surface area contributed by atoms with Gasteiger partial charge in [0.05, 0.1) is 0 Å². The van der Waals surface area contributed by atoms with Gasteiger partial charge in [-0.25, -0.2) is 0 Å². The molecule has 0 aromatic carbocycles. The molecule has 0 saturated heterocycles. The molecule has 0 radical (unpaired) electrons. The summed E-state index contributed by atoms with van der Waals surface area (Å²) < 4.78 is 0. The topological polar surface area (TPSA) is 40.1 Å². The SMILES string of the molecule is C=CCCCC(C)CC/C=C(\C)CCCC(C)C(=O)[O-]. The molecule has 0 aromatic heterocycles. The van der Waals surface area contributed by atoms with E-state index in [1.54, 1.807) is 6.92 Å². The standard InChI is InChI=1S/C18H32O2/c1-5-6-7-10-15(2)11-8-12-16(3)13-9-14-17(4)18(19)20/h5,12,15,17H,1,6-11,13-14H2,2-4H3,(H,19,20)/p-1/b16-12+. The first kappa shape index (κ1) is 18.9. The quantitative estimate of drug-likeness (QED) is 0.395. The summed E-state index contributed by atoms with van der Waals surface area (Å²) >= 11 is 0. The molecule has 0 aliphatic carbocycles. The van der Waals surface area contributed by atoms with Crippen molar-refractivity contribution in [3.63, 3.8) is 0 Å². The lowest BCUT2D eigenvalue weighted by Gasteiger charge is -2.12. The Balaban J connectivity index is 3.69. The third-order valence-electron chi connectivity index (χ3n) is 3.87. The molecule has 0 bridgehead atoms. The molecule has 116 valence electrons. The van der Waals surface area contributed by atoms with Crippen molar-refractivity contribution < 1.29 is 9.90 Å². The number of carboxylic acids is 1. The fraction of sp³-hybridized carbons (Fsp3) is 0.722. The first-order valence-corrected chi connectivity index (χ1v) is 7.94. The fourth-order valence-electron chi connectivity index (χ4n) is 2.28.